The molecule has 1 fully saturated rings. The molecule has 0 radical (unpaired) electrons. The normalized spacial score (nSPS) is 18.8. The van der Waals surface area contributed by atoms with Crippen LogP contribution in [0.2, 0.25) is 0 Å². The molecule has 40 heavy (non-hydrogen) atoms. The van der Waals surface area contributed by atoms with E-state index in [1.807, 2.05) is 31.2 Å². The molecule has 1 saturated carbocycles. The van der Waals surface area contributed by atoms with Crippen LogP contribution in [0, 0.1) is 17.6 Å². The molecule has 2 aromatic carbocycles. The van der Waals surface area contributed by atoms with Gasteiger partial charge in [0.1, 0.15) is 6.10 Å². The highest BCUT2D eigenvalue weighted by Crippen LogP contribution is 2.36. The Kier molecular flexibility index (Phi) is 13.4. The Labute approximate surface area is 238 Å². The summed E-state index contributed by atoms with van der Waals surface area (Å²) in [5, 5.41) is 0. The fraction of sp³-hybridized carbons (Fsp3) is 0.618. The zero-order valence-corrected chi connectivity index (χ0v) is 24.5. The number of halogens is 3. The van der Waals surface area contributed by atoms with Gasteiger partial charge in [-0.3, -0.25) is 0 Å². The van der Waals surface area contributed by atoms with E-state index < -0.39 is 23.8 Å². The van der Waals surface area contributed by atoms with E-state index in [2.05, 4.69) is 6.92 Å². The molecular weight excluding hydrogens is 513 g/mol. The molecule has 2 aromatic rings. The quantitative estimate of drug-likeness (QED) is 0.151. The number of hydrogen-bond donors (Lipinski definition) is 0. The van der Waals surface area contributed by atoms with Crippen LogP contribution in [0.15, 0.2) is 36.4 Å². The number of carbonyl (C=O) groups is 1. The third-order valence-corrected chi connectivity index (χ3v) is 8.32. The second-order valence-corrected chi connectivity index (χ2v) is 11.4. The van der Waals surface area contributed by atoms with Gasteiger partial charge in [-0.15, -0.1) is 0 Å². The minimum absolute atomic E-state index is 0.0403. The van der Waals surface area contributed by atoms with Gasteiger partial charge in [0.15, 0.2) is 17.7 Å². The molecule has 3 rings (SSSR count). The van der Waals surface area contributed by atoms with Crippen molar-refractivity contribution in [3.05, 3.63) is 53.6 Å². The van der Waals surface area contributed by atoms with Gasteiger partial charge in [0.25, 0.3) is 0 Å². The molecule has 0 heterocycles. The Bertz CT molecular complexity index is 1030. The van der Waals surface area contributed by atoms with E-state index in [9.17, 15) is 18.0 Å². The van der Waals surface area contributed by atoms with E-state index in [-0.39, 0.29) is 29.3 Å². The summed E-state index contributed by atoms with van der Waals surface area (Å²) < 4.78 is 54.8. The number of esters is 1. The number of unbranched alkanes of at least 4 members (excludes halogenated alkanes) is 7. The van der Waals surface area contributed by atoms with Crippen molar-refractivity contribution in [1.82, 2.24) is 0 Å². The lowest BCUT2D eigenvalue weighted by Crippen LogP contribution is -2.31. The number of alkyl halides is 1. The SMILES string of the molecule is CCCCCCCCCCOc1ccc(-c2ccc([C@H]3CC[C@H](OC(=O)[C@@H](F)[C@@H](C)CC)CC3)cc2)c(F)c1F. The molecule has 0 bridgehead atoms. The molecule has 0 spiro atoms. The molecule has 0 unspecified atom stereocenters. The van der Waals surface area contributed by atoms with Crippen LogP contribution in [-0.4, -0.2) is 24.9 Å². The van der Waals surface area contributed by atoms with Crippen molar-refractivity contribution < 1.29 is 27.4 Å². The highest BCUT2D eigenvalue weighted by atomic mass is 19.2. The Hall–Kier alpha value is -2.50. The Morgan fingerprint density at radius 2 is 1.48 bits per heavy atom. The number of ether oxygens (including phenoxy) is 2. The number of benzene rings is 2. The molecule has 0 amide bonds. The monoisotopic (exact) mass is 560 g/mol. The second-order valence-electron chi connectivity index (χ2n) is 11.4. The maximum atomic E-state index is 14.9. The van der Waals surface area contributed by atoms with Gasteiger partial charge in [-0.25, -0.2) is 13.6 Å². The highest BCUT2D eigenvalue weighted by Gasteiger charge is 2.30. The maximum Gasteiger partial charge on any atom is 0.341 e. The smallest absolute Gasteiger partial charge is 0.341 e. The fourth-order valence-corrected chi connectivity index (χ4v) is 5.40. The standard InChI is InChI=1S/C34H47F3O3/c1-4-6-7-8-9-10-11-12-23-39-30-22-21-29(32(36)33(30)37)27-15-13-25(14-16-27)26-17-19-28(20-18-26)40-34(38)31(35)24(3)5-2/h13-16,21-22,24,26,28,31H,4-12,17-20,23H2,1-3H3/t24-,26-,28-,31-/m0/s1. The first-order chi connectivity index (χ1) is 19.3. The summed E-state index contributed by atoms with van der Waals surface area (Å²) in [6, 6.07) is 10.6. The van der Waals surface area contributed by atoms with Gasteiger partial charge in [0.2, 0.25) is 5.82 Å². The van der Waals surface area contributed by atoms with Crippen LogP contribution in [0.4, 0.5) is 13.2 Å². The van der Waals surface area contributed by atoms with Gasteiger partial charge in [0, 0.05) is 5.56 Å². The molecule has 0 aromatic heterocycles. The van der Waals surface area contributed by atoms with Crippen LogP contribution in [0.5, 0.6) is 5.75 Å². The third kappa shape index (κ3) is 9.27. The highest BCUT2D eigenvalue weighted by molar-refractivity contribution is 5.75. The Morgan fingerprint density at radius 3 is 2.10 bits per heavy atom. The summed E-state index contributed by atoms with van der Waals surface area (Å²) in [6.45, 7) is 6.16. The van der Waals surface area contributed by atoms with Gasteiger partial charge in [-0.2, -0.15) is 4.39 Å². The summed E-state index contributed by atoms with van der Waals surface area (Å²) in [6.07, 6.45) is 11.1. The van der Waals surface area contributed by atoms with Gasteiger partial charge in [0.05, 0.1) is 6.61 Å². The van der Waals surface area contributed by atoms with E-state index in [1.54, 1.807) is 13.0 Å². The lowest BCUT2D eigenvalue weighted by atomic mass is 9.82. The summed E-state index contributed by atoms with van der Waals surface area (Å²) in [5.74, 6) is -2.69. The van der Waals surface area contributed by atoms with Gasteiger partial charge >= 0.3 is 5.97 Å². The molecule has 1 aliphatic rings. The van der Waals surface area contributed by atoms with Crippen LogP contribution in [0.25, 0.3) is 11.1 Å². The zero-order chi connectivity index (χ0) is 28.9. The Morgan fingerprint density at radius 1 is 0.850 bits per heavy atom. The number of rotatable bonds is 16. The van der Waals surface area contributed by atoms with Crippen molar-refractivity contribution in [2.24, 2.45) is 5.92 Å². The predicted octanol–water partition coefficient (Wildman–Crippen LogP) is 10.1. The summed E-state index contributed by atoms with van der Waals surface area (Å²) in [7, 11) is 0. The summed E-state index contributed by atoms with van der Waals surface area (Å²) >= 11 is 0. The molecule has 2 atom stereocenters. The van der Waals surface area contributed by atoms with Crippen LogP contribution in [0.1, 0.15) is 116 Å². The van der Waals surface area contributed by atoms with Gasteiger partial charge in [-0.05, 0) is 67.2 Å². The van der Waals surface area contributed by atoms with Gasteiger partial charge in [-0.1, -0.05) is 96.4 Å². The molecule has 222 valence electrons. The topological polar surface area (TPSA) is 35.5 Å². The molecule has 0 aliphatic heterocycles. The van der Waals surface area contributed by atoms with E-state index in [0.29, 0.717) is 31.4 Å². The molecule has 3 nitrogen and oxygen atoms in total. The van der Waals surface area contributed by atoms with Crippen molar-refractivity contribution in [3.8, 4) is 16.9 Å². The average Bonchev–Trinajstić information content (AvgIpc) is 2.98. The minimum atomic E-state index is -1.57. The van der Waals surface area contributed by atoms with E-state index >= 15 is 0 Å². The molecule has 0 saturated heterocycles. The number of hydrogen-bond acceptors (Lipinski definition) is 3. The second kappa shape index (κ2) is 16.7. The van der Waals surface area contributed by atoms with Crippen molar-refractivity contribution in [3.63, 3.8) is 0 Å². The van der Waals surface area contributed by atoms with Gasteiger partial charge < -0.3 is 9.47 Å². The van der Waals surface area contributed by atoms with Crippen molar-refractivity contribution in [1.29, 1.82) is 0 Å². The maximum absolute atomic E-state index is 14.9. The van der Waals surface area contributed by atoms with Crippen LogP contribution in [-0.2, 0) is 9.53 Å². The van der Waals surface area contributed by atoms with E-state index in [0.717, 1.165) is 37.7 Å². The minimum Gasteiger partial charge on any atom is -0.490 e. The van der Waals surface area contributed by atoms with Crippen LogP contribution in [0.3, 0.4) is 0 Å². The molecule has 6 heteroatoms. The zero-order valence-electron chi connectivity index (χ0n) is 24.5. The van der Waals surface area contributed by atoms with Crippen LogP contribution < -0.4 is 4.74 Å². The van der Waals surface area contributed by atoms with Crippen molar-refractivity contribution in [2.45, 2.75) is 122 Å². The van der Waals surface area contributed by atoms with Crippen LogP contribution >= 0.6 is 0 Å². The van der Waals surface area contributed by atoms with E-state index in [4.69, 9.17) is 9.47 Å². The predicted molar refractivity (Wildman–Crippen MR) is 155 cm³/mol. The summed E-state index contributed by atoms with van der Waals surface area (Å²) in [4.78, 5) is 12.1. The van der Waals surface area contributed by atoms with E-state index in [1.165, 1.54) is 38.2 Å². The largest absolute Gasteiger partial charge is 0.490 e. The van der Waals surface area contributed by atoms with Crippen molar-refractivity contribution >= 4 is 5.97 Å². The summed E-state index contributed by atoms with van der Waals surface area (Å²) in [5.41, 5.74) is 1.93. The number of carbonyl (C=O) groups excluding carboxylic acids is 1. The fourth-order valence-electron chi connectivity index (χ4n) is 5.40. The average molecular weight is 561 g/mol. The molecule has 0 N–H and O–H groups in total. The first kappa shape index (κ1) is 32.0. The molecular formula is C34H47F3O3. The lowest BCUT2D eigenvalue weighted by molar-refractivity contribution is -0.158. The van der Waals surface area contributed by atoms with Crippen molar-refractivity contribution in [2.75, 3.05) is 6.61 Å². The molecule has 1 aliphatic carbocycles. The first-order valence-electron chi connectivity index (χ1n) is 15.4. The first-order valence-corrected chi connectivity index (χ1v) is 15.4. The Balaban J connectivity index is 1.47. The lowest BCUT2D eigenvalue weighted by Gasteiger charge is -2.29. The third-order valence-electron chi connectivity index (χ3n) is 8.32.